The number of hydrogen-bond acceptors (Lipinski definition) is 5. The van der Waals surface area contributed by atoms with Crippen LogP contribution in [0.3, 0.4) is 0 Å². The van der Waals surface area contributed by atoms with Gasteiger partial charge in [0.2, 0.25) is 0 Å². The molecule has 7 heteroatoms. The summed E-state index contributed by atoms with van der Waals surface area (Å²) in [6, 6.07) is 0. The van der Waals surface area contributed by atoms with E-state index in [0.717, 1.165) is 57.8 Å². The average molecular weight is 383 g/mol. The molecule has 0 amide bonds. The maximum absolute atomic E-state index is 11.8. The normalized spacial score (nSPS) is 13.5. The smallest absolute Gasteiger partial charge is 0.311 e. The maximum Gasteiger partial charge on any atom is 0.311 e. The fraction of sp³-hybridized carbons (Fsp3) is 0.875. The zero-order valence-electron chi connectivity index (χ0n) is 14.4. The molecule has 136 valence electrons. The van der Waals surface area contributed by atoms with Crippen LogP contribution in [0.2, 0.25) is 0 Å². The third-order valence-electron chi connectivity index (χ3n) is 3.40. The van der Waals surface area contributed by atoms with Gasteiger partial charge in [-0.15, -0.1) is 0 Å². The van der Waals surface area contributed by atoms with E-state index >= 15 is 0 Å². The molecule has 1 atom stereocenters. The van der Waals surface area contributed by atoms with Gasteiger partial charge in [0, 0.05) is 24.2 Å². The van der Waals surface area contributed by atoms with Crippen molar-refractivity contribution in [3.8, 4) is 0 Å². The first-order valence-corrected chi connectivity index (χ1v) is 12.8. The van der Waals surface area contributed by atoms with Crippen LogP contribution in [0.15, 0.2) is 0 Å². The zero-order chi connectivity index (χ0) is 17.6. The molecule has 0 aromatic carbocycles. The zero-order valence-corrected chi connectivity index (χ0v) is 16.9. The van der Waals surface area contributed by atoms with Crippen molar-refractivity contribution in [3.05, 3.63) is 0 Å². The summed E-state index contributed by atoms with van der Waals surface area (Å²) in [6.07, 6.45) is 11.0. The topological polar surface area (TPSA) is 63.6 Å². The van der Waals surface area contributed by atoms with Crippen LogP contribution in [0.4, 0.5) is 0 Å². The SMILES string of the molecule is CCCCCCCC(=O)OP(O)(=S)SC(=O)CCCCCCC. The van der Waals surface area contributed by atoms with Gasteiger partial charge in [-0.25, -0.2) is 0 Å². The summed E-state index contributed by atoms with van der Waals surface area (Å²) < 4.78 is 4.94. The van der Waals surface area contributed by atoms with E-state index in [2.05, 4.69) is 13.8 Å². The Hall–Kier alpha value is 0.1000. The van der Waals surface area contributed by atoms with Crippen LogP contribution in [-0.4, -0.2) is 16.0 Å². The molecule has 0 saturated heterocycles. The van der Waals surface area contributed by atoms with Gasteiger partial charge in [-0.2, -0.15) is 0 Å². The number of unbranched alkanes of at least 4 members (excludes halogenated alkanes) is 8. The summed E-state index contributed by atoms with van der Waals surface area (Å²) in [5.41, 5.74) is -3.38. The molecule has 0 rings (SSSR count). The van der Waals surface area contributed by atoms with Crippen LogP contribution in [0.1, 0.15) is 90.9 Å². The van der Waals surface area contributed by atoms with Crippen LogP contribution in [0.5, 0.6) is 0 Å². The molecule has 1 N–H and O–H groups in total. The van der Waals surface area contributed by atoms with Gasteiger partial charge in [0.25, 0.3) is 0 Å². The fourth-order valence-corrected chi connectivity index (χ4v) is 5.40. The largest absolute Gasteiger partial charge is 0.404 e. The molecule has 0 saturated carbocycles. The van der Waals surface area contributed by atoms with Crippen molar-refractivity contribution in [1.29, 1.82) is 0 Å². The van der Waals surface area contributed by atoms with Crippen molar-refractivity contribution in [3.63, 3.8) is 0 Å². The third-order valence-corrected chi connectivity index (χ3v) is 6.90. The van der Waals surface area contributed by atoms with Gasteiger partial charge < -0.3 is 9.42 Å². The Bertz CT molecular complexity index is 356. The highest BCUT2D eigenvalue weighted by atomic mass is 32.9. The average Bonchev–Trinajstić information content (AvgIpc) is 2.45. The summed E-state index contributed by atoms with van der Waals surface area (Å²) in [5.74, 6) is -0.490. The van der Waals surface area contributed by atoms with E-state index in [1.54, 1.807) is 0 Å². The number of hydrogen-bond donors (Lipinski definition) is 1. The first-order chi connectivity index (χ1) is 10.9. The summed E-state index contributed by atoms with van der Waals surface area (Å²) >= 11 is 5.54. The molecule has 0 aromatic heterocycles. The highest BCUT2D eigenvalue weighted by Crippen LogP contribution is 2.57. The van der Waals surface area contributed by atoms with E-state index in [1.165, 1.54) is 6.42 Å². The van der Waals surface area contributed by atoms with Crippen LogP contribution in [0.25, 0.3) is 0 Å². The van der Waals surface area contributed by atoms with Gasteiger partial charge in [0.15, 0.2) is 5.12 Å². The van der Waals surface area contributed by atoms with Crippen molar-refractivity contribution in [2.24, 2.45) is 0 Å². The molecule has 4 nitrogen and oxygen atoms in total. The quantitative estimate of drug-likeness (QED) is 0.306. The first kappa shape index (κ1) is 23.1. The summed E-state index contributed by atoms with van der Waals surface area (Å²) in [5, 5.41) is -0.178. The molecule has 1 unspecified atom stereocenters. The van der Waals surface area contributed by atoms with Crippen LogP contribution in [0, 0.1) is 0 Å². The standard InChI is InChI=1S/C16H31O4PS2/c1-3-5-7-9-11-13-15(17)20-21(19,22)23-16(18)14-12-10-8-6-4-2/h3-14H2,1-2H3,(H,19,22). The summed E-state index contributed by atoms with van der Waals surface area (Å²) in [6.45, 7) is 4.27. The molecule has 0 aliphatic heterocycles. The van der Waals surface area contributed by atoms with E-state index in [9.17, 15) is 14.5 Å². The van der Waals surface area contributed by atoms with Gasteiger partial charge in [0.1, 0.15) is 0 Å². The maximum atomic E-state index is 11.8. The Kier molecular flexibility index (Phi) is 14.5. The Morgan fingerprint density at radius 2 is 1.39 bits per heavy atom. The highest BCUT2D eigenvalue weighted by molar-refractivity contribution is 8.73. The minimum atomic E-state index is -3.38. The van der Waals surface area contributed by atoms with E-state index in [1.807, 2.05) is 0 Å². The summed E-state index contributed by atoms with van der Waals surface area (Å²) in [7, 11) is 0. The molecule has 0 radical (unpaired) electrons. The number of rotatable bonds is 14. The minimum absolute atomic E-state index is 0.178. The lowest BCUT2D eigenvalue weighted by molar-refractivity contribution is -0.134. The molecule has 0 aliphatic carbocycles. The molecular weight excluding hydrogens is 351 g/mol. The Morgan fingerprint density at radius 1 is 0.913 bits per heavy atom. The molecule has 0 aliphatic rings. The predicted octanol–water partition coefficient (Wildman–Crippen LogP) is 5.73. The molecule has 23 heavy (non-hydrogen) atoms. The molecule has 0 fully saturated rings. The van der Waals surface area contributed by atoms with Crippen LogP contribution in [-0.2, 0) is 25.9 Å². The predicted molar refractivity (Wildman–Crippen MR) is 102 cm³/mol. The van der Waals surface area contributed by atoms with E-state index in [-0.39, 0.29) is 11.5 Å². The molecule has 0 bridgehead atoms. The van der Waals surface area contributed by atoms with Crippen molar-refractivity contribution < 1.29 is 19.0 Å². The number of carbonyl (C=O) groups is 2. The monoisotopic (exact) mass is 382 g/mol. The Balaban J connectivity index is 3.86. The van der Waals surface area contributed by atoms with Crippen LogP contribution >= 0.6 is 17.1 Å². The second-order valence-electron chi connectivity index (χ2n) is 5.72. The minimum Gasteiger partial charge on any atom is -0.404 e. The van der Waals surface area contributed by atoms with Gasteiger partial charge >= 0.3 is 11.7 Å². The Morgan fingerprint density at radius 3 is 1.91 bits per heavy atom. The second kappa shape index (κ2) is 14.4. The summed E-state index contributed by atoms with van der Waals surface area (Å²) in [4.78, 5) is 33.4. The molecule has 0 aromatic rings. The molecule has 0 spiro atoms. The van der Waals surface area contributed by atoms with Gasteiger partial charge in [-0.05, 0) is 24.6 Å². The Labute approximate surface area is 150 Å². The lowest BCUT2D eigenvalue weighted by Gasteiger charge is -2.13. The molecular formula is C16H31O4PS2. The lowest BCUT2D eigenvalue weighted by atomic mass is 10.1. The number of carbonyl (C=O) groups excluding carboxylic acids is 2. The van der Waals surface area contributed by atoms with Crippen molar-refractivity contribution in [2.75, 3.05) is 0 Å². The van der Waals surface area contributed by atoms with Gasteiger partial charge in [-0.3, -0.25) is 9.59 Å². The van der Waals surface area contributed by atoms with Crippen molar-refractivity contribution >= 4 is 40.0 Å². The third kappa shape index (κ3) is 15.4. The van der Waals surface area contributed by atoms with E-state index in [4.69, 9.17) is 16.3 Å². The van der Waals surface area contributed by atoms with Gasteiger partial charge in [0.05, 0.1) is 0 Å². The van der Waals surface area contributed by atoms with Crippen LogP contribution < -0.4 is 0 Å². The van der Waals surface area contributed by atoms with Gasteiger partial charge in [-0.1, -0.05) is 65.2 Å². The fourth-order valence-electron chi connectivity index (χ4n) is 2.11. The van der Waals surface area contributed by atoms with Crippen molar-refractivity contribution in [2.45, 2.75) is 90.9 Å². The highest BCUT2D eigenvalue weighted by Gasteiger charge is 2.24. The molecule has 0 heterocycles. The van der Waals surface area contributed by atoms with E-state index in [0.29, 0.717) is 17.8 Å². The lowest BCUT2D eigenvalue weighted by Crippen LogP contribution is -2.02. The second-order valence-corrected chi connectivity index (χ2v) is 11.7. The first-order valence-electron chi connectivity index (χ1n) is 8.69. The van der Waals surface area contributed by atoms with E-state index < -0.39 is 11.7 Å². The van der Waals surface area contributed by atoms with Crippen molar-refractivity contribution in [1.82, 2.24) is 0 Å².